The summed E-state index contributed by atoms with van der Waals surface area (Å²) in [5.74, 6) is 0.603. The summed E-state index contributed by atoms with van der Waals surface area (Å²) in [5, 5.41) is -0.997. The van der Waals surface area contributed by atoms with Crippen LogP contribution in [0.5, 0.6) is 0 Å². The third kappa shape index (κ3) is 3.12. The van der Waals surface area contributed by atoms with Crippen LogP contribution in [0.2, 0.25) is 0 Å². The van der Waals surface area contributed by atoms with E-state index in [0.29, 0.717) is 6.54 Å². The van der Waals surface area contributed by atoms with Crippen LogP contribution in [0.15, 0.2) is 29.2 Å². The molecule has 0 aliphatic carbocycles. The van der Waals surface area contributed by atoms with E-state index in [1.807, 2.05) is 24.3 Å². The molecule has 0 spiro atoms. The average molecular weight is 299 g/mol. The Morgan fingerprint density at radius 3 is 2.74 bits per heavy atom. The van der Waals surface area contributed by atoms with E-state index in [-0.39, 0.29) is 5.91 Å². The first-order chi connectivity index (χ1) is 8.91. The van der Waals surface area contributed by atoms with Crippen molar-refractivity contribution in [2.75, 3.05) is 23.5 Å². The van der Waals surface area contributed by atoms with Crippen LogP contribution < -0.4 is 4.90 Å². The number of sulfone groups is 1. The van der Waals surface area contributed by atoms with E-state index in [0.717, 1.165) is 29.0 Å². The number of rotatable bonds is 2. The van der Waals surface area contributed by atoms with Gasteiger partial charge >= 0.3 is 0 Å². The molecule has 0 N–H and O–H groups in total. The Hall–Kier alpha value is -1.01. The molecule has 1 aliphatic rings. The molecule has 0 bridgehead atoms. The van der Waals surface area contributed by atoms with E-state index in [1.54, 1.807) is 16.7 Å². The van der Waals surface area contributed by atoms with Crippen LogP contribution in [0.4, 0.5) is 5.69 Å². The molecular formula is C13H17NO3S2. The second-order valence-corrected chi connectivity index (χ2v) is 8.13. The summed E-state index contributed by atoms with van der Waals surface area (Å²) in [5.41, 5.74) is 0.825. The van der Waals surface area contributed by atoms with Crippen LogP contribution in [-0.2, 0) is 14.6 Å². The number of hydrogen-bond donors (Lipinski definition) is 0. The third-order valence-electron chi connectivity index (χ3n) is 3.20. The summed E-state index contributed by atoms with van der Waals surface area (Å²) < 4.78 is 23.1. The lowest BCUT2D eigenvalue weighted by Crippen LogP contribution is -2.41. The Morgan fingerprint density at radius 1 is 1.37 bits per heavy atom. The minimum absolute atomic E-state index is 0.336. The lowest BCUT2D eigenvalue weighted by molar-refractivity contribution is -0.118. The van der Waals surface area contributed by atoms with Crippen molar-refractivity contribution in [2.24, 2.45) is 0 Å². The van der Waals surface area contributed by atoms with Gasteiger partial charge in [0.1, 0.15) is 5.25 Å². The van der Waals surface area contributed by atoms with Crippen molar-refractivity contribution in [3.05, 3.63) is 24.3 Å². The molecule has 1 heterocycles. The smallest absolute Gasteiger partial charge is 0.245 e. The van der Waals surface area contributed by atoms with Crippen molar-refractivity contribution in [3.8, 4) is 0 Å². The van der Waals surface area contributed by atoms with Crippen molar-refractivity contribution in [1.29, 1.82) is 0 Å². The van der Waals surface area contributed by atoms with Gasteiger partial charge < -0.3 is 4.90 Å². The number of thioether (sulfide) groups is 1. The Labute approximate surface area is 118 Å². The molecule has 0 radical (unpaired) electrons. The number of amides is 1. The van der Waals surface area contributed by atoms with E-state index in [1.165, 1.54) is 6.92 Å². The molecule has 1 aliphatic heterocycles. The molecule has 2 rings (SSSR count). The number of hydrogen-bond acceptors (Lipinski definition) is 4. The maximum Gasteiger partial charge on any atom is 0.245 e. The molecule has 104 valence electrons. The summed E-state index contributed by atoms with van der Waals surface area (Å²) in [6, 6.07) is 7.65. The predicted octanol–water partition coefficient (Wildman–Crippen LogP) is 1.95. The van der Waals surface area contributed by atoms with Gasteiger partial charge in [0.2, 0.25) is 5.91 Å². The monoisotopic (exact) mass is 299 g/mol. The Bertz CT molecular complexity index is 583. The van der Waals surface area contributed by atoms with Crippen molar-refractivity contribution in [1.82, 2.24) is 0 Å². The Kier molecular flexibility index (Phi) is 4.20. The molecule has 1 amide bonds. The zero-order valence-electron chi connectivity index (χ0n) is 11.0. The first kappa shape index (κ1) is 14.4. The van der Waals surface area contributed by atoms with Crippen molar-refractivity contribution in [3.63, 3.8) is 0 Å². The molecular weight excluding hydrogens is 282 g/mol. The van der Waals surface area contributed by atoms with Gasteiger partial charge in [0.25, 0.3) is 0 Å². The third-order valence-corrected chi connectivity index (χ3v) is 5.83. The van der Waals surface area contributed by atoms with Crippen LogP contribution in [0.25, 0.3) is 0 Å². The molecule has 19 heavy (non-hydrogen) atoms. The SMILES string of the molecule is C[C@H](C(=O)N1CCCSc2ccccc21)S(C)(=O)=O. The van der Waals surface area contributed by atoms with Crippen LogP contribution in [0, 0.1) is 0 Å². The zero-order valence-corrected chi connectivity index (χ0v) is 12.6. The van der Waals surface area contributed by atoms with Gasteiger partial charge in [-0.3, -0.25) is 4.79 Å². The van der Waals surface area contributed by atoms with Gasteiger partial charge in [0, 0.05) is 17.7 Å². The van der Waals surface area contributed by atoms with E-state index >= 15 is 0 Å². The molecule has 1 atom stereocenters. The molecule has 1 aromatic carbocycles. The highest BCUT2D eigenvalue weighted by Gasteiger charge is 2.30. The highest BCUT2D eigenvalue weighted by atomic mass is 32.2. The quantitative estimate of drug-likeness (QED) is 0.837. The highest BCUT2D eigenvalue weighted by molar-refractivity contribution is 7.99. The number of para-hydroxylation sites is 1. The predicted molar refractivity (Wildman–Crippen MR) is 78.4 cm³/mol. The Balaban J connectivity index is 2.37. The fourth-order valence-corrected chi connectivity index (χ4v) is 3.45. The highest BCUT2D eigenvalue weighted by Crippen LogP contribution is 2.34. The van der Waals surface area contributed by atoms with E-state index in [9.17, 15) is 13.2 Å². The normalized spacial score (nSPS) is 17.5. The van der Waals surface area contributed by atoms with Crippen molar-refractivity contribution in [2.45, 2.75) is 23.5 Å². The summed E-state index contributed by atoms with van der Waals surface area (Å²) >= 11 is 1.71. The van der Waals surface area contributed by atoms with Gasteiger partial charge in [0.15, 0.2) is 9.84 Å². The van der Waals surface area contributed by atoms with Gasteiger partial charge in [-0.25, -0.2) is 8.42 Å². The second-order valence-electron chi connectivity index (χ2n) is 4.63. The number of anilines is 1. The maximum absolute atomic E-state index is 12.4. The maximum atomic E-state index is 12.4. The van der Waals surface area contributed by atoms with Gasteiger partial charge in [0.05, 0.1) is 5.69 Å². The topological polar surface area (TPSA) is 54.5 Å². The summed E-state index contributed by atoms with van der Waals surface area (Å²) in [6.07, 6.45) is 1.97. The fourth-order valence-electron chi connectivity index (χ4n) is 1.96. The number of nitrogens with zero attached hydrogens (tertiary/aromatic N) is 1. The average Bonchev–Trinajstić information content (AvgIpc) is 2.58. The molecule has 0 saturated carbocycles. The molecule has 0 unspecified atom stereocenters. The lowest BCUT2D eigenvalue weighted by Gasteiger charge is -2.25. The molecule has 0 fully saturated rings. The molecule has 4 nitrogen and oxygen atoms in total. The largest absolute Gasteiger partial charge is 0.310 e. The number of carbonyl (C=O) groups excluding carboxylic acids is 1. The van der Waals surface area contributed by atoms with Crippen molar-refractivity contribution >= 4 is 33.2 Å². The van der Waals surface area contributed by atoms with Gasteiger partial charge in [-0.2, -0.15) is 0 Å². The van der Waals surface area contributed by atoms with Crippen LogP contribution in [-0.4, -0.2) is 38.1 Å². The molecule has 1 aromatic rings. The number of fused-ring (bicyclic) bond motifs is 1. The van der Waals surface area contributed by atoms with Gasteiger partial charge in [-0.15, -0.1) is 11.8 Å². The van der Waals surface area contributed by atoms with E-state index < -0.39 is 15.1 Å². The second kappa shape index (κ2) is 5.54. The first-order valence-corrected chi connectivity index (χ1v) is 9.07. The van der Waals surface area contributed by atoms with E-state index in [4.69, 9.17) is 0 Å². The molecule has 6 heteroatoms. The Morgan fingerprint density at radius 2 is 2.05 bits per heavy atom. The fraction of sp³-hybridized carbons (Fsp3) is 0.462. The van der Waals surface area contributed by atoms with Crippen LogP contribution in [0.1, 0.15) is 13.3 Å². The number of benzene rings is 1. The molecule has 0 aromatic heterocycles. The standard InChI is InChI=1S/C13H17NO3S2/c1-10(19(2,16)17)13(15)14-8-5-9-18-12-7-4-3-6-11(12)14/h3-4,6-7,10H,5,8-9H2,1-2H3/t10-/m1/s1. The lowest BCUT2D eigenvalue weighted by atomic mass is 10.2. The minimum Gasteiger partial charge on any atom is -0.310 e. The zero-order chi connectivity index (χ0) is 14.0. The van der Waals surface area contributed by atoms with Crippen molar-refractivity contribution < 1.29 is 13.2 Å². The summed E-state index contributed by atoms with van der Waals surface area (Å²) in [4.78, 5) is 15.0. The van der Waals surface area contributed by atoms with Crippen LogP contribution in [0.3, 0.4) is 0 Å². The summed E-state index contributed by atoms with van der Waals surface area (Å²) in [6.45, 7) is 2.03. The van der Waals surface area contributed by atoms with E-state index in [2.05, 4.69) is 0 Å². The summed E-state index contributed by atoms with van der Waals surface area (Å²) in [7, 11) is -3.36. The van der Waals surface area contributed by atoms with Gasteiger partial charge in [-0.05, 0) is 31.2 Å². The first-order valence-electron chi connectivity index (χ1n) is 6.13. The number of carbonyl (C=O) groups is 1. The minimum atomic E-state index is -3.36. The molecule has 0 saturated heterocycles. The van der Waals surface area contributed by atoms with Crippen LogP contribution >= 0.6 is 11.8 Å². The van der Waals surface area contributed by atoms with Gasteiger partial charge in [-0.1, -0.05) is 12.1 Å².